The molecule has 5 heterocycles. The zero-order valence-electron chi connectivity index (χ0n) is 18.0. The molecule has 1 aliphatic heterocycles. The normalized spacial score (nSPS) is 16.5. The molecule has 166 valence electrons. The van der Waals surface area contributed by atoms with Gasteiger partial charge in [0.05, 0.1) is 22.5 Å². The summed E-state index contributed by atoms with van der Waals surface area (Å²) < 4.78 is 9.47. The molecule has 0 spiro atoms. The molecule has 0 saturated carbocycles. The first kappa shape index (κ1) is 20.1. The zero-order chi connectivity index (χ0) is 22.4. The molecule has 1 unspecified atom stereocenters. The molecule has 1 saturated heterocycles. The maximum absolute atomic E-state index is 10.1. The van der Waals surface area contributed by atoms with Gasteiger partial charge in [0.2, 0.25) is 0 Å². The van der Waals surface area contributed by atoms with Crippen molar-refractivity contribution in [3.05, 3.63) is 60.7 Å². The molecule has 5 aromatic rings. The molecule has 1 fully saturated rings. The average molecular weight is 459 g/mol. The first-order valence-corrected chi connectivity index (χ1v) is 11.8. The van der Waals surface area contributed by atoms with Crippen molar-refractivity contribution in [1.82, 2.24) is 29.4 Å². The number of thiazole rings is 1. The molecule has 0 radical (unpaired) electrons. The highest BCUT2D eigenvalue weighted by atomic mass is 32.1. The van der Waals surface area contributed by atoms with Crippen molar-refractivity contribution in [3.63, 3.8) is 0 Å². The number of ether oxygens (including phenoxy) is 1. The van der Waals surface area contributed by atoms with Crippen molar-refractivity contribution >= 4 is 16.9 Å². The molecule has 33 heavy (non-hydrogen) atoms. The number of fused-ring (bicyclic) bond motifs is 1. The number of aromatic hydroxyl groups is 1. The van der Waals surface area contributed by atoms with E-state index in [0.29, 0.717) is 5.82 Å². The van der Waals surface area contributed by atoms with Crippen LogP contribution in [0, 0.1) is 6.92 Å². The van der Waals surface area contributed by atoms with Gasteiger partial charge >= 0.3 is 0 Å². The molecule has 4 aromatic heterocycles. The van der Waals surface area contributed by atoms with Gasteiger partial charge in [-0.2, -0.15) is 5.10 Å². The van der Waals surface area contributed by atoms with Gasteiger partial charge in [0.25, 0.3) is 0 Å². The van der Waals surface area contributed by atoms with Crippen LogP contribution in [-0.2, 0) is 4.74 Å². The van der Waals surface area contributed by atoms with E-state index in [2.05, 4.69) is 10.1 Å². The molecule has 0 aliphatic carbocycles. The molecule has 0 amide bonds. The van der Waals surface area contributed by atoms with Crippen LogP contribution < -0.4 is 0 Å². The Labute approximate surface area is 194 Å². The van der Waals surface area contributed by atoms with Gasteiger partial charge in [0.1, 0.15) is 22.0 Å². The molecule has 1 N–H and O–H groups in total. The molecule has 1 aromatic carbocycles. The average Bonchev–Trinajstić information content (AvgIpc) is 3.56. The van der Waals surface area contributed by atoms with E-state index in [0.717, 1.165) is 63.8 Å². The van der Waals surface area contributed by atoms with E-state index in [1.807, 2.05) is 41.9 Å². The van der Waals surface area contributed by atoms with Crippen molar-refractivity contribution in [2.45, 2.75) is 32.4 Å². The number of hydrogen-bond acceptors (Lipinski definition) is 7. The van der Waals surface area contributed by atoms with Crippen LogP contribution in [0.5, 0.6) is 5.75 Å². The first-order valence-electron chi connectivity index (χ1n) is 10.9. The van der Waals surface area contributed by atoms with Crippen molar-refractivity contribution in [2.75, 3.05) is 6.61 Å². The van der Waals surface area contributed by atoms with Crippen LogP contribution in [-0.4, -0.2) is 41.1 Å². The van der Waals surface area contributed by atoms with Crippen molar-refractivity contribution in [3.8, 4) is 38.3 Å². The molecular formula is C24H22N6O2S. The van der Waals surface area contributed by atoms with E-state index in [-0.39, 0.29) is 12.0 Å². The predicted molar refractivity (Wildman–Crippen MR) is 126 cm³/mol. The van der Waals surface area contributed by atoms with Gasteiger partial charge in [0, 0.05) is 24.4 Å². The highest BCUT2D eigenvalue weighted by Crippen LogP contribution is 2.42. The van der Waals surface area contributed by atoms with E-state index in [1.54, 1.807) is 29.2 Å². The van der Waals surface area contributed by atoms with E-state index in [1.165, 1.54) is 11.3 Å². The fourth-order valence-corrected chi connectivity index (χ4v) is 5.37. The number of rotatable bonds is 4. The van der Waals surface area contributed by atoms with Gasteiger partial charge in [-0.3, -0.25) is 0 Å². The van der Waals surface area contributed by atoms with Crippen molar-refractivity contribution in [2.24, 2.45) is 0 Å². The third-order valence-corrected chi connectivity index (χ3v) is 6.91. The number of benzene rings is 1. The summed E-state index contributed by atoms with van der Waals surface area (Å²) in [6.07, 6.45) is 6.58. The Morgan fingerprint density at radius 1 is 1.12 bits per heavy atom. The lowest BCUT2D eigenvalue weighted by Gasteiger charge is -2.21. The van der Waals surface area contributed by atoms with Crippen LogP contribution in [0.2, 0.25) is 0 Å². The lowest BCUT2D eigenvalue weighted by atomic mass is 10.1. The van der Waals surface area contributed by atoms with Crippen molar-refractivity contribution < 1.29 is 9.84 Å². The number of hydrogen-bond donors (Lipinski definition) is 1. The number of aromatic nitrogens is 6. The van der Waals surface area contributed by atoms with Gasteiger partial charge in [-0.15, -0.1) is 16.4 Å². The van der Waals surface area contributed by atoms with Crippen LogP contribution in [0.4, 0.5) is 0 Å². The van der Waals surface area contributed by atoms with Crippen LogP contribution in [0.3, 0.4) is 0 Å². The second-order valence-electron chi connectivity index (χ2n) is 8.11. The molecular weight excluding hydrogens is 436 g/mol. The smallest absolute Gasteiger partial charge is 0.193 e. The molecule has 6 rings (SSSR count). The van der Waals surface area contributed by atoms with Crippen LogP contribution in [0.1, 0.15) is 31.2 Å². The summed E-state index contributed by atoms with van der Waals surface area (Å²) >= 11 is 1.53. The number of nitrogens with zero attached hydrogens (tertiary/aromatic N) is 6. The Kier molecular flexibility index (Phi) is 4.92. The lowest BCUT2D eigenvalue weighted by molar-refractivity contribution is -0.0395. The third-order valence-electron chi connectivity index (χ3n) is 5.84. The van der Waals surface area contributed by atoms with E-state index >= 15 is 0 Å². The second-order valence-corrected chi connectivity index (χ2v) is 9.11. The Hall–Kier alpha value is -3.56. The van der Waals surface area contributed by atoms with Crippen LogP contribution in [0.15, 0.2) is 55.0 Å². The highest BCUT2D eigenvalue weighted by Gasteiger charge is 2.24. The van der Waals surface area contributed by atoms with Crippen molar-refractivity contribution in [1.29, 1.82) is 0 Å². The Balaban J connectivity index is 1.50. The first-order chi connectivity index (χ1) is 16.2. The topological polar surface area (TPSA) is 90.4 Å². The molecule has 9 heteroatoms. The molecule has 1 aliphatic rings. The SMILES string of the molecule is Cc1nn2ccc(O)cc2c1-c1nc(-c2ccccc2)c(-c2ncn(C3CCCCO3)n2)s1. The molecule has 1 atom stereocenters. The summed E-state index contributed by atoms with van der Waals surface area (Å²) in [5.74, 6) is 0.820. The largest absolute Gasteiger partial charge is 0.508 e. The van der Waals surface area contributed by atoms with E-state index in [4.69, 9.17) is 14.8 Å². The predicted octanol–water partition coefficient (Wildman–Crippen LogP) is 5.10. The highest BCUT2D eigenvalue weighted by molar-refractivity contribution is 7.19. The van der Waals surface area contributed by atoms with Crippen LogP contribution in [0.25, 0.3) is 38.0 Å². The van der Waals surface area contributed by atoms with Gasteiger partial charge in [-0.05, 0) is 32.3 Å². The monoisotopic (exact) mass is 458 g/mol. The quantitative estimate of drug-likeness (QED) is 0.403. The number of pyridine rings is 1. The van der Waals surface area contributed by atoms with Gasteiger partial charge in [-0.25, -0.2) is 19.2 Å². The van der Waals surface area contributed by atoms with E-state index in [9.17, 15) is 5.11 Å². The fourth-order valence-electron chi connectivity index (χ4n) is 4.24. The number of aryl methyl sites for hydroxylation is 1. The Bertz CT molecular complexity index is 1430. The third kappa shape index (κ3) is 3.59. The minimum absolute atomic E-state index is 0.0718. The summed E-state index contributed by atoms with van der Waals surface area (Å²) in [7, 11) is 0. The molecule has 8 nitrogen and oxygen atoms in total. The summed E-state index contributed by atoms with van der Waals surface area (Å²) in [5, 5.41) is 20.2. The lowest BCUT2D eigenvalue weighted by Crippen LogP contribution is -2.18. The summed E-state index contributed by atoms with van der Waals surface area (Å²) in [6, 6.07) is 13.4. The maximum Gasteiger partial charge on any atom is 0.193 e. The minimum atomic E-state index is -0.0718. The zero-order valence-corrected chi connectivity index (χ0v) is 18.9. The summed E-state index contributed by atoms with van der Waals surface area (Å²) in [6.45, 7) is 2.71. The van der Waals surface area contributed by atoms with E-state index < -0.39 is 0 Å². The Morgan fingerprint density at radius 2 is 2.00 bits per heavy atom. The van der Waals surface area contributed by atoms with Gasteiger partial charge in [0.15, 0.2) is 12.1 Å². The van der Waals surface area contributed by atoms with Gasteiger partial charge < -0.3 is 9.84 Å². The summed E-state index contributed by atoms with van der Waals surface area (Å²) in [5.41, 5.74) is 4.37. The Morgan fingerprint density at radius 3 is 2.82 bits per heavy atom. The standard InChI is InChI=1S/C24H22N6O2S/c1-15-20(18-13-17(31)10-11-29(18)27-15)24-26-21(16-7-3-2-4-8-16)22(33-24)23-25-14-30(28-23)19-9-5-6-12-32-19/h2-4,7-8,10-11,13-14,19,31H,5-6,9,12H2,1H3. The maximum atomic E-state index is 10.1. The fraction of sp³-hybridized carbons (Fsp3) is 0.250. The second kappa shape index (κ2) is 8.09. The molecule has 0 bridgehead atoms. The van der Waals surface area contributed by atoms with Crippen LogP contribution >= 0.6 is 11.3 Å². The summed E-state index contributed by atoms with van der Waals surface area (Å²) in [4.78, 5) is 10.5. The van der Waals surface area contributed by atoms with Gasteiger partial charge in [-0.1, -0.05) is 30.3 Å². The minimum Gasteiger partial charge on any atom is -0.508 e.